The van der Waals surface area contributed by atoms with E-state index in [4.69, 9.17) is 19.9 Å². The number of nitrogens with zero attached hydrogens (tertiary/aromatic N) is 1. The van der Waals surface area contributed by atoms with Crippen molar-refractivity contribution in [2.75, 3.05) is 37.4 Å². The Morgan fingerprint density at radius 1 is 1.12 bits per heavy atom. The van der Waals surface area contributed by atoms with Crippen LogP contribution in [-0.4, -0.2) is 32.4 Å². The molecule has 3 rings (SSSR count). The summed E-state index contributed by atoms with van der Waals surface area (Å²) in [4.78, 5) is 2.28. The summed E-state index contributed by atoms with van der Waals surface area (Å²) in [5, 5.41) is 0. The van der Waals surface area contributed by atoms with Crippen molar-refractivity contribution in [3.05, 3.63) is 42.5 Å². The Kier molecular flexibility index (Phi) is 4.42. The number of benzene rings is 2. The second-order valence-corrected chi connectivity index (χ2v) is 6.53. The molecule has 2 N–H and O–H groups in total. The van der Waals surface area contributed by atoms with Gasteiger partial charge in [-0.05, 0) is 50.2 Å². The highest BCUT2D eigenvalue weighted by atomic mass is 16.5. The minimum Gasteiger partial charge on any atom is -0.497 e. The van der Waals surface area contributed by atoms with E-state index < -0.39 is 0 Å². The average molecular weight is 328 g/mol. The highest BCUT2D eigenvalue weighted by Gasteiger charge is 2.31. The smallest absolute Gasteiger partial charge is 0.145 e. The minimum absolute atomic E-state index is 0.263. The van der Waals surface area contributed by atoms with Crippen LogP contribution in [0.4, 0.5) is 11.4 Å². The van der Waals surface area contributed by atoms with Crippen LogP contribution >= 0.6 is 0 Å². The van der Waals surface area contributed by atoms with Gasteiger partial charge in [-0.15, -0.1) is 0 Å². The fraction of sp³-hybridized carbons (Fsp3) is 0.368. The number of hydrogen-bond donors (Lipinski definition) is 1. The molecule has 0 fully saturated rings. The van der Waals surface area contributed by atoms with E-state index in [0.717, 1.165) is 36.0 Å². The van der Waals surface area contributed by atoms with Crippen molar-refractivity contribution in [1.82, 2.24) is 0 Å². The zero-order chi connectivity index (χ0) is 17.2. The van der Waals surface area contributed by atoms with Gasteiger partial charge in [-0.1, -0.05) is 0 Å². The van der Waals surface area contributed by atoms with E-state index >= 15 is 0 Å². The third-order valence-corrected chi connectivity index (χ3v) is 3.97. The monoisotopic (exact) mass is 328 g/mol. The molecule has 1 aliphatic rings. The predicted molar refractivity (Wildman–Crippen MR) is 96.3 cm³/mol. The molecule has 5 heteroatoms. The van der Waals surface area contributed by atoms with E-state index in [-0.39, 0.29) is 5.60 Å². The van der Waals surface area contributed by atoms with Crippen molar-refractivity contribution in [1.29, 1.82) is 0 Å². The third kappa shape index (κ3) is 3.67. The lowest BCUT2D eigenvalue weighted by Crippen LogP contribution is -2.48. The van der Waals surface area contributed by atoms with Crippen molar-refractivity contribution >= 4 is 11.4 Å². The highest BCUT2D eigenvalue weighted by Crippen LogP contribution is 2.38. The summed E-state index contributed by atoms with van der Waals surface area (Å²) >= 11 is 0. The molecular weight excluding hydrogens is 304 g/mol. The molecule has 5 nitrogen and oxygen atoms in total. The van der Waals surface area contributed by atoms with Gasteiger partial charge in [0.15, 0.2) is 0 Å². The maximum absolute atomic E-state index is 6.04. The van der Waals surface area contributed by atoms with Crippen molar-refractivity contribution in [2.24, 2.45) is 0 Å². The van der Waals surface area contributed by atoms with Crippen molar-refractivity contribution < 1.29 is 14.2 Å². The number of hydrogen-bond acceptors (Lipinski definition) is 5. The zero-order valence-electron chi connectivity index (χ0n) is 14.4. The maximum Gasteiger partial charge on any atom is 0.145 e. The van der Waals surface area contributed by atoms with Crippen LogP contribution in [0.3, 0.4) is 0 Å². The first-order valence-corrected chi connectivity index (χ1v) is 8.07. The summed E-state index contributed by atoms with van der Waals surface area (Å²) in [5.74, 6) is 2.49. The Hall–Kier alpha value is -2.56. The molecule has 0 saturated carbocycles. The summed E-state index contributed by atoms with van der Waals surface area (Å²) in [6.07, 6.45) is 0. The molecule has 0 saturated heterocycles. The molecule has 0 aliphatic carbocycles. The Bertz CT molecular complexity index is 698. The van der Waals surface area contributed by atoms with Gasteiger partial charge in [0.1, 0.15) is 29.5 Å². The Morgan fingerprint density at radius 2 is 1.83 bits per heavy atom. The molecule has 0 radical (unpaired) electrons. The number of nitrogen functional groups attached to an aromatic ring is 1. The fourth-order valence-corrected chi connectivity index (χ4v) is 2.89. The van der Waals surface area contributed by atoms with Crippen LogP contribution in [0.2, 0.25) is 0 Å². The molecule has 0 atom stereocenters. The van der Waals surface area contributed by atoms with Gasteiger partial charge in [0.2, 0.25) is 0 Å². The third-order valence-electron chi connectivity index (χ3n) is 3.97. The van der Waals surface area contributed by atoms with Crippen LogP contribution in [-0.2, 0) is 0 Å². The van der Waals surface area contributed by atoms with Gasteiger partial charge >= 0.3 is 0 Å². The van der Waals surface area contributed by atoms with Crippen molar-refractivity contribution in [3.63, 3.8) is 0 Å². The molecule has 2 aromatic carbocycles. The molecule has 2 aromatic rings. The van der Waals surface area contributed by atoms with Crippen LogP contribution in [0.25, 0.3) is 0 Å². The summed E-state index contributed by atoms with van der Waals surface area (Å²) in [5.41, 5.74) is 7.39. The van der Waals surface area contributed by atoms with Gasteiger partial charge in [-0.2, -0.15) is 0 Å². The summed E-state index contributed by atoms with van der Waals surface area (Å²) in [7, 11) is 1.65. The van der Waals surface area contributed by atoms with Crippen LogP contribution in [0, 0.1) is 0 Å². The fourth-order valence-electron chi connectivity index (χ4n) is 2.89. The van der Waals surface area contributed by atoms with Gasteiger partial charge in [-0.25, -0.2) is 0 Å². The standard InChI is InChI=1S/C19H24N2O3/c1-19(2)13-21(17-9-4-14(20)12-18(17)24-19)10-11-23-16-7-5-15(22-3)6-8-16/h4-9,12H,10-11,13,20H2,1-3H3. The summed E-state index contributed by atoms with van der Waals surface area (Å²) in [6, 6.07) is 13.4. The highest BCUT2D eigenvalue weighted by molar-refractivity contribution is 5.65. The lowest BCUT2D eigenvalue weighted by Gasteiger charge is -2.41. The molecule has 0 amide bonds. The number of ether oxygens (including phenoxy) is 3. The Labute approximate surface area is 142 Å². The minimum atomic E-state index is -0.263. The van der Waals surface area contributed by atoms with Crippen LogP contribution in [0.1, 0.15) is 13.8 Å². The molecule has 24 heavy (non-hydrogen) atoms. The molecule has 0 aromatic heterocycles. The van der Waals surface area contributed by atoms with E-state index in [1.807, 2.05) is 42.5 Å². The van der Waals surface area contributed by atoms with Gasteiger partial charge in [0.05, 0.1) is 25.9 Å². The number of anilines is 2. The number of rotatable bonds is 5. The molecular formula is C19H24N2O3. The number of nitrogens with two attached hydrogens (primary N) is 1. The molecule has 128 valence electrons. The molecule has 0 spiro atoms. The van der Waals surface area contributed by atoms with E-state index in [2.05, 4.69) is 18.7 Å². The second kappa shape index (κ2) is 6.51. The Morgan fingerprint density at radius 3 is 2.54 bits per heavy atom. The summed E-state index contributed by atoms with van der Waals surface area (Å²) < 4.78 is 17.0. The van der Waals surface area contributed by atoms with Crippen molar-refractivity contribution in [3.8, 4) is 17.2 Å². The Balaban J connectivity index is 1.66. The lowest BCUT2D eigenvalue weighted by atomic mass is 10.0. The van der Waals surface area contributed by atoms with Crippen LogP contribution in [0.15, 0.2) is 42.5 Å². The van der Waals surface area contributed by atoms with Gasteiger partial charge in [0, 0.05) is 11.8 Å². The van der Waals surface area contributed by atoms with Gasteiger partial charge in [-0.3, -0.25) is 0 Å². The lowest BCUT2D eigenvalue weighted by molar-refractivity contribution is 0.104. The molecule has 0 bridgehead atoms. The molecule has 1 aliphatic heterocycles. The van der Waals surface area contributed by atoms with Gasteiger partial charge in [0.25, 0.3) is 0 Å². The average Bonchev–Trinajstić information content (AvgIpc) is 2.54. The van der Waals surface area contributed by atoms with E-state index in [1.54, 1.807) is 7.11 Å². The largest absolute Gasteiger partial charge is 0.497 e. The van der Waals surface area contributed by atoms with Crippen LogP contribution < -0.4 is 24.8 Å². The van der Waals surface area contributed by atoms with E-state index in [1.165, 1.54) is 0 Å². The topological polar surface area (TPSA) is 57.0 Å². The first-order chi connectivity index (χ1) is 11.5. The number of methoxy groups -OCH3 is 1. The SMILES string of the molecule is COc1ccc(OCCN2CC(C)(C)Oc3cc(N)ccc32)cc1. The zero-order valence-corrected chi connectivity index (χ0v) is 14.4. The van der Waals surface area contributed by atoms with Crippen molar-refractivity contribution in [2.45, 2.75) is 19.4 Å². The quantitative estimate of drug-likeness (QED) is 0.853. The predicted octanol–water partition coefficient (Wildman–Crippen LogP) is 3.33. The number of fused-ring (bicyclic) bond motifs is 1. The molecule has 0 unspecified atom stereocenters. The second-order valence-electron chi connectivity index (χ2n) is 6.53. The molecule has 1 heterocycles. The van der Waals surface area contributed by atoms with E-state index in [9.17, 15) is 0 Å². The van der Waals surface area contributed by atoms with Gasteiger partial charge < -0.3 is 24.8 Å². The maximum atomic E-state index is 6.04. The van der Waals surface area contributed by atoms with E-state index in [0.29, 0.717) is 12.3 Å². The first-order valence-electron chi connectivity index (χ1n) is 8.07. The first kappa shape index (κ1) is 16.3. The normalized spacial score (nSPS) is 15.4. The summed E-state index contributed by atoms with van der Waals surface area (Å²) in [6.45, 7) is 6.32. The van der Waals surface area contributed by atoms with Crippen LogP contribution in [0.5, 0.6) is 17.2 Å².